The Hall–Kier alpha value is -1.73. The number of thiophene rings is 1. The lowest BCUT2D eigenvalue weighted by molar-refractivity contribution is -0.126. The zero-order chi connectivity index (χ0) is 19.3. The van der Waals surface area contributed by atoms with Crippen molar-refractivity contribution in [1.29, 1.82) is 0 Å². The van der Waals surface area contributed by atoms with E-state index in [1.807, 2.05) is 12.3 Å². The fourth-order valence-corrected chi connectivity index (χ4v) is 5.32. The summed E-state index contributed by atoms with van der Waals surface area (Å²) in [5, 5.41) is 8.47. The molecule has 7 heteroatoms. The maximum absolute atomic E-state index is 12.8. The van der Waals surface area contributed by atoms with Gasteiger partial charge in [-0.05, 0) is 44.2 Å². The van der Waals surface area contributed by atoms with Crippen LogP contribution in [0.5, 0.6) is 0 Å². The monoisotopic (exact) mass is 405 g/mol. The molecule has 2 aromatic rings. The zero-order valence-electron chi connectivity index (χ0n) is 15.9. The second-order valence-corrected chi connectivity index (χ2v) is 9.75. The molecule has 27 heavy (non-hydrogen) atoms. The van der Waals surface area contributed by atoms with E-state index in [4.69, 9.17) is 0 Å². The summed E-state index contributed by atoms with van der Waals surface area (Å²) < 4.78 is 0. The Bertz CT molecular complexity index is 764. The highest BCUT2D eigenvalue weighted by molar-refractivity contribution is 7.13. The summed E-state index contributed by atoms with van der Waals surface area (Å²) in [5.41, 5.74) is -0.241. The molecule has 1 fully saturated rings. The van der Waals surface area contributed by atoms with Crippen molar-refractivity contribution in [3.05, 3.63) is 33.5 Å². The topological polar surface area (TPSA) is 71.1 Å². The van der Waals surface area contributed by atoms with Crippen LogP contribution in [0, 0.1) is 12.3 Å². The van der Waals surface area contributed by atoms with Crippen molar-refractivity contribution in [2.45, 2.75) is 64.8 Å². The van der Waals surface area contributed by atoms with Crippen LogP contribution in [0.1, 0.15) is 67.7 Å². The van der Waals surface area contributed by atoms with Gasteiger partial charge in [0.05, 0.1) is 6.04 Å². The highest BCUT2D eigenvalue weighted by Crippen LogP contribution is 2.42. The molecule has 1 unspecified atom stereocenters. The maximum Gasteiger partial charge on any atom is 0.226 e. The summed E-state index contributed by atoms with van der Waals surface area (Å²) in [7, 11) is 0. The first-order valence-corrected chi connectivity index (χ1v) is 11.2. The first-order chi connectivity index (χ1) is 13.0. The molecule has 0 radical (unpaired) electrons. The van der Waals surface area contributed by atoms with Crippen molar-refractivity contribution in [3.8, 4) is 0 Å². The van der Waals surface area contributed by atoms with Gasteiger partial charge in [-0.3, -0.25) is 9.59 Å². The van der Waals surface area contributed by atoms with Crippen LogP contribution in [0.3, 0.4) is 0 Å². The number of hydrogen-bond donors (Lipinski definition) is 2. The van der Waals surface area contributed by atoms with E-state index in [9.17, 15) is 9.59 Å². The number of aromatic nitrogens is 1. The first kappa shape index (κ1) is 20.0. The van der Waals surface area contributed by atoms with Gasteiger partial charge in [-0.2, -0.15) is 0 Å². The Balaban J connectivity index is 1.61. The quantitative estimate of drug-likeness (QED) is 0.676. The van der Waals surface area contributed by atoms with Crippen LogP contribution in [0.4, 0.5) is 5.13 Å². The first-order valence-electron chi connectivity index (χ1n) is 9.51. The molecule has 1 atom stereocenters. The summed E-state index contributed by atoms with van der Waals surface area (Å²) in [6.45, 7) is 4.09. The molecule has 2 N–H and O–H groups in total. The predicted octanol–water partition coefficient (Wildman–Crippen LogP) is 5.06. The normalized spacial score (nSPS) is 17.3. The molecule has 2 heterocycles. The van der Waals surface area contributed by atoms with E-state index in [0.717, 1.165) is 25.7 Å². The Morgan fingerprint density at radius 3 is 2.56 bits per heavy atom. The predicted molar refractivity (Wildman–Crippen MR) is 111 cm³/mol. The molecule has 0 spiro atoms. The number of nitrogens with zero attached hydrogens (tertiary/aromatic N) is 1. The van der Waals surface area contributed by atoms with Gasteiger partial charge in [0, 0.05) is 34.2 Å². The maximum atomic E-state index is 12.8. The van der Waals surface area contributed by atoms with Gasteiger partial charge in [0.15, 0.2) is 5.13 Å². The molecular formula is C20H27N3O2S2. The lowest BCUT2D eigenvalue weighted by Gasteiger charge is -2.36. The number of rotatable bonds is 7. The smallest absolute Gasteiger partial charge is 0.226 e. The van der Waals surface area contributed by atoms with Crippen LogP contribution in [-0.4, -0.2) is 16.8 Å². The molecular weight excluding hydrogens is 378 g/mol. The van der Waals surface area contributed by atoms with Crippen molar-refractivity contribution in [2.24, 2.45) is 5.41 Å². The minimum atomic E-state index is -0.241. The third kappa shape index (κ3) is 5.62. The van der Waals surface area contributed by atoms with Gasteiger partial charge < -0.3 is 10.6 Å². The average molecular weight is 406 g/mol. The molecule has 1 saturated carbocycles. The third-order valence-electron chi connectivity index (χ3n) is 5.23. The summed E-state index contributed by atoms with van der Waals surface area (Å²) in [5.74, 6) is -0.000850. The van der Waals surface area contributed by atoms with Gasteiger partial charge >= 0.3 is 0 Å². The van der Waals surface area contributed by atoms with Crippen LogP contribution in [-0.2, 0) is 9.59 Å². The fraction of sp³-hybridized carbons (Fsp3) is 0.550. The molecule has 2 amide bonds. The summed E-state index contributed by atoms with van der Waals surface area (Å²) in [6, 6.07) is 4.15. The number of carbonyl (C=O) groups is 2. The number of nitrogens with one attached hydrogen (secondary N) is 2. The van der Waals surface area contributed by atoms with Gasteiger partial charge in [-0.15, -0.1) is 22.7 Å². The standard InChI is InChI=1S/C20H27N3O2S2/c1-14-6-7-16(27-14)15(2)22-17(24)12-20(8-4-3-5-9-20)13-18(25)23-19-21-10-11-26-19/h6-7,10-11,15H,3-5,8-9,12-13H2,1-2H3,(H,22,24)(H,21,23,25). The number of carbonyl (C=O) groups excluding carboxylic acids is 2. The Morgan fingerprint density at radius 1 is 1.19 bits per heavy atom. The lowest BCUT2D eigenvalue weighted by atomic mass is 9.69. The van der Waals surface area contributed by atoms with Crippen LogP contribution < -0.4 is 10.6 Å². The van der Waals surface area contributed by atoms with E-state index in [-0.39, 0.29) is 23.3 Å². The molecule has 1 aliphatic carbocycles. The lowest BCUT2D eigenvalue weighted by Crippen LogP contribution is -2.37. The molecule has 1 aliphatic rings. The number of aryl methyl sites for hydroxylation is 1. The van der Waals surface area contributed by atoms with E-state index in [0.29, 0.717) is 18.0 Å². The summed E-state index contributed by atoms with van der Waals surface area (Å²) >= 11 is 3.12. The summed E-state index contributed by atoms with van der Waals surface area (Å²) in [4.78, 5) is 31.8. The van der Waals surface area contributed by atoms with E-state index in [1.54, 1.807) is 17.5 Å². The van der Waals surface area contributed by atoms with Crippen molar-refractivity contribution in [3.63, 3.8) is 0 Å². The third-order valence-corrected chi connectivity index (χ3v) is 7.10. The number of thiazole rings is 1. The fourth-order valence-electron chi connectivity index (χ4n) is 3.90. The Morgan fingerprint density at radius 2 is 1.93 bits per heavy atom. The van der Waals surface area contributed by atoms with Gasteiger partial charge in [0.25, 0.3) is 0 Å². The van der Waals surface area contributed by atoms with E-state index in [1.165, 1.54) is 27.5 Å². The molecule has 0 aliphatic heterocycles. The van der Waals surface area contributed by atoms with Crippen LogP contribution in [0.25, 0.3) is 0 Å². The molecule has 0 bridgehead atoms. The zero-order valence-corrected chi connectivity index (χ0v) is 17.5. The number of anilines is 1. The number of amides is 2. The van der Waals surface area contributed by atoms with Crippen molar-refractivity contribution in [2.75, 3.05) is 5.32 Å². The largest absolute Gasteiger partial charge is 0.349 e. The SMILES string of the molecule is Cc1ccc(C(C)NC(=O)CC2(CC(=O)Nc3nccs3)CCCCC2)s1. The molecule has 0 saturated heterocycles. The van der Waals surface area contributed by atoms with Crippen molar-refractivity contribution in [1.82, 2.24) is 10.3 Å². The Kier molecular flexibility index (Phi) is 6.65. The van der Waals surface area contributed by atoms with Crippen molar-refractivity contribution < 1.29 is 9.59 Å². The molecule has 5 nitrogen and oxygen atoms in total. The van der Waals surface area contributed by atoms with Gasteiger partial charge in [-0.25, -0.2) is 4.98 Å². The molecule has 0 aromatic carbocycles. The van der Waals surface area contributed by atoms with Crippen molar-refractivity contribution >= 4 is 39.6 Å². The minimum absolute atomic E-state index is 0.000913. The second-order valence-electron chi connectivity index (χ2n) is 7.54. The van der Waals surface area contributed by atoms with Gasteiger partial charge in [-0.1, -0.05) is 19.3 Å². The molecule has 146 valence electrons. The highest BCUT2D eigenvalue weighted by Gasteiger charge is 2.36. The molecule has 2 aromatic heterocycles. The average Bonchev–Trinajstić information content (AvgIpc) is 3.26. The van der Waals surface area contributed by atoms with Crippen LogP contribution >= 0.6 is 22.7 Å². The second kappa shape index (κ2) is 8.97. The van der Waals surface area contributed by atoms with Crippen LogP contribution in [0.15, 0.2) is 23.7 Å². The number of hydrogen-bond acceptors (Lipinski definition) is 5. The van der Waals surface area contributed by atoms with Gasteiger partial charge in [0.1, 0.15) is 0 Å². The minimum Gasteiger partial charge on any atom is -0.349 e. The van der Waals surface area contributed by atoms with E-state index in [2.05, 4.69) is 34.7 Å². The van der Waals surface area contributed by atoms with Gasteiger partial charge in [0.2, 0.25) is 11.8 Å². The highest BCUT2D eigenvalue weighted by atomic mass is 32.1. The van der Waals surface area contributed by atoms with Crippen LogP contribution in [0.2, 0.25) is 0 Å². The summed E-state index contributed by atoms with van der Waals surface area (Å²) in [6.07, 6.45) is 7.67. The Labute approximate surface area is 168 Å². The molecule has 3 rings (SSSR count). The van der Waals surface area contributed by atoms with E-state index >= 15 is 0 Å². The van der Waals surface area contributed by atoms with E-state index < -0.39 is 0 Å².